The molecule has 6 nitrogen and oxygen atoms in total. The maximum atomic E-state index is 12.5. The number of rotatable bonds is 1. The highest BCUT2D eigenvalue weighted by atomic mass is 35.5. The fourth-order valence-corrected chi connectivity index (χ4v) is 2.46. The lowest BCUT2D eigenvalue weighted by atomic mass is 10.1. The molecule has 0 spiro atoms. The van der Waals surface area contributed by atoms with Gasteiger partial charge in [-0.2, -0.15) is 0 Å². The normalized spacial score (nSPS) is 15.0. The number of anilines is 1. The Kier molecular flexibility index (Phi) is 4.57. The van der Waals surface area contributed by atoms with Crippen LogP contribution in [0.4, 0.5) is 10.5 Å². The summed E-state index contributed by atoms with van der Waals surface area (Å²) in [5.74, 6) is -0.149. The first kappa shape index (κ1) is 15.4. The summed E-state index contributed by atoms with van der Waals surface area (Å²) in [7, 11) is 3.43. The minimum Gasteiger partial charge on any atom is -0.399 e. The molecule has 0 aromatic heterocycles. The van der Waals surface area contributed by atoms with Crippen LogP contribution in [0.5, 0.6) is 0 Å². The highest BCUT2D eigenvalue weighted by Crippen LogP contribution is 2.21. The van der Waals surface area contributed by atoms with Gasteiger partial charge in [0.05, 0.1) is 10.6 Å². The summed E-state index contributed by atoms with van der Waals surface area (Å²) in [6, 6.07) is 4.83. The Hall–Kier alpha value is -1.95. The maximum absolute atomic E-state index is 12.5. The molecule has 1 aliphatic rings. The Bertz CT molecular complexity index is 554. The van der Waals surface area contributed by atoms with Gasteiger partial charge in [0.2, 0.25) is 0 Å². The van der Waals surface area contributed by atoms with Crippen molar-refractivity contribution < 1.29 is 9.59 Å². The monoisotopic (exact) mass is 310 g/mol. The molecule has 1 saturated heterocycles. The van der Waals surface area contributed by atoms with Gasteiger partial charge in [-0.1, -0.05) is 11.6 Å². The zero-order chi connectivity index (χ0) is 15.6. The van der Waals surface area contributed by atoms with Crippen LogP contribution in [0.25, 0.3) is 0 Å². The summed E-state index contributed by atoms with van der Waals surface area (Å²) >= 11 is 6.06. The SMILES string of the molecule is CN(C)C(=O)N1CCN(C(=O)c2cc(N)ccc2Cl)CC1. The van der Waals surface area contributed by atoms with Crippen LogP contribution in [0.15, 0.2) is 18.2 Å². The fraction of sp³-hybridized carbons (Fsp3) is 0.429. The van der Waals surface area contributed by atoms with Crippen molar-refractivity contribution in [2.24, 2.45) is 0 Å². The Balaban J connectivity index is 2.03. The predicted molar refractivity (Wildman–Crippen MR) is 82.4 cm³/mol. The number of hydrogen-bond acceptors (Lipinski definition) is 3. The minimum absolute atomic E-state index is 0.0379. The number of carbonyl (C=O) groups is 2. The van der Waals surface area contributed by atoms with E-state index in [-0.39, 0.29) is 11.9 Å². The second-order valence-electron chi connectivity index (χ2n) is 5.20. The molecule has 1 aromatic carbocycles. The first-order valence-electron chi connectivity index (χ1n) is 6.70. The summed E-state index contributed by atoms with van der Waals surface area (Å²) in [6.45, 7) is 2.01. The third-order valence-corrected chi connectivity index (χ3v) is 3.77. The van der Waals surface area contributed by atoms with Crippen LogP contribution in [-0.4, -0.2) is 66.9 Å². The number of urea groups is 1. The van der Waals surface area contributed by atoms with Crippen molar-refractivity contribution >= 4 is 29.2 Å². The summed E-state index contributed by atoms with van der Waals surface area (Å²) in [5.41, 5.74) is 6.61. The molecular formula is C14H19ClN4O2. The van der Waals surface area contributed by atoms with Gasteiger partial charge in [-0.15, -0.1) is 0 Å². The lowest BCUT2D eigenvalue weighted by Gasteiger charge is -2.36. The first-order chi connectivity index (χ1) is 9.90. The van der Waals surface area contributed by atoms with Crippen LogP contribution in [0.3, 0.4) is 0 Å². The molecule has 2 N–H and O–H groups in total. The quantitative estimate of drug-likeness (QED) is 0.796. The molecule has 0 saturated carbocycles. The number of benzene rings is 1. The van der Waals surface area contributed by atoms with Crippen LogP contribution < -0.4 is 5.73 Å². The molecule has 1 heterocycles. The lowest BCUT2D eigenvalue weighted by molar-refractivity contribution is 0.0650. The van der Waals surface area contributed by atoms with Crippen LogP contribution in [0, 0.1) is 0 Å². The molecule has 21 heavy (non-hydrogen) atoms. The van der Waals surface area contributed by atoms with Crippen molar-refractivity contribution in [2.75, 3.05) is 46.0 Å². The number of nitrogen functional groups attached to an aromatic ring is 1. The standard InChI is InChI=1S/C14H19ClN4O2/c1-17(2)14(21)19-7-5-18(6-8-19)13(20)11-9-10(16)3-4-12(11)15/h3-4,9H,5-8,16H2,1-2H3. The molecule has 1 aliphatic heterocycles. The molecule has 114 valence electrons. The summed E-state index contributed by atoms with van der Waals surface area (Å²) in [6.07, 6.45) is 0. The molecule has 7 heteroatoms. The van der Waals surface area contributed by atoms with E-state index < -0.39 is 0 Å². The van der Waals surface area contributed by atoms with E-state index in [2.05, 4.69) is 0 Å². The average Bonchev–Trinajstić information content (AvgIpc) is 2.48. The molecule has 2 rings (SSSR count). The molecule has 0 aliphatic carbocycles. The van der Waals surface area contributed by atoms with Crippen molar-refractivity contribution in [1.82, 2.24) is 14.7 Å². The van der Waals surface area contributed by atoms with Gasteiger partial charge in [0.25, 0.3) is 5.91 Å². The second kappa shape index (κ2) is 6.22. The molecule has 1 fully saturated rings. The van der Waals surface area contributed by atoms with Gasteiger partial charge in [-0.25, -0.2) is 4.79 Å². The van der Waals surface area contributed by atoms with Gasteiger partial charge in [0, 0.05) is 46.0 Å². The number of halogens is 1. The van der Waals surface area contributed by atoms with Crippen LogP contribution in [0.1, 0.15) is 10.4 Å². The van der Waals surface area contributed by atoms with Gasteiger partial charge >= 0.3 is 6.03 Å². The Morgan fingerprint density at radius 3 is 2.29 bits per heavy atom. The summed E-state index contributed by atoms with van der Waals surface area (Å²) in [5, 5.41) is 0.390. The Morgan fingerprint density at radius 2 is 1.71 bits per heavy atom. The van der Waals surface area contributed by atoms with Crippen molar-refractivity contribution in [3.8, 4) is 0 Å². The van der Waals surface area contributed by atoms with E-state index in [1.54, 1.807) is 42.1 Å². The smallest absolute Gasteiger partial charge is 0.319 e. The van der Waals surface area contributed by atoms with Crippen LogP contribution >= 0.6 is 11.6 Å². The average molecular weight is 311 g/mol. The maximum Gasteiger partial charge on any atom is 0.319 e. The van der Waals surface area contributed by atoms with E-state index in [4.69, 9.17) is 17.3 Å². The molecule has 3 amide bonds. The van der Waals surface area contributed by atoms with E-state index in [1.165, 1.54) is 4.90 Å². The molecule has 0 radical (unpaired) electrons. The zero-order valence-corrected chi connectivity index (χ0v) is 12.9. The lowest BCUT2D eigenvalue weighted by Crippen LogP contribution is -2.52. The number of carbonyl (C=O) groups excluding carboxylic acids is 2. The minimum atomic E-state index is -0.149. The third-order valence-electron chi connectivity index (χ3n) is 3.44. The van der Waals surface area contributed by atoms with Gasteiger partial charge in [0.15, 0.2) is 0 Å². The highest BCUT2D eigenvalue weighted by Gasteiger charge is 2.26. The second-order valence-corrected chi connectivity index (χ2v) is 5.60. The van der Waals surface area contributed by atoms with Crippen molar-refractivity contribution in [1.29, 1.82) is 0 Å². The van der Waals surface area contributed by atoms with Crippen molar-refractivity contribution in [3.63, 3.8) is 0 Å². The van der Waals surface area contributed by atoms with E-state index in [1.807, 2.05) is 0 Å². The number of nitrogens with two attached hydrogens (primary N) is 1. The number of nitrogens with zero attached hydrogens (tertiary/aromatic N) is 3. The number of amides is 3. The summed E-state index contributed by atoms with van der Waals surface area (Å²) in [4.78, 5) is 29.3. The number of piperazine rings is 1. The largest absolute Gasteiger partial charge is 0.399 e. The molecule has 0 bridgehead atoms. The van der Waals surface area contributed by atoms with Gasteiger partial charge in [-0.05, 0) is 18.2 Å². The van der Waals surface area contributed by atoms with Crippen molar-refractivity contribution in [2.45, 2.75) is 0 Å². The van der Waals surface area contributed by atoms with Crippen LogP contribution in [-0.2, 0) is 0 Å². The molecule has 0 atom stereocenters. The summed E-state index contributed by atoms with van der Waals surface area (Å²) < 4.78 is 0. The van der Waals surface area contributed by atoms with E-state index in [0.29, 0.717) is 42.5 Å². The molecular weight excluding hydrogens is 292 g/mol. The molecule has 1 aromatic rings. The topological polar surface area (TPSA) is 69.9 Å². The highest BCUT2D eigenvalue weighted by molar-refractivity contribution is 6.34. The van der Waals surface area contributed by atoms with Crippen LogP contribution in [0.2, 0.25) is 5.02 Å². The van der Waals surface area contributed by atoms with E-state index >= 15 is 0 Å². The predicted octanol–water partition coefficient (Wildman–Crippen LogP) is 1.36. The first-order valence-corrected chi connectivity index (χ1v) is 7.08. The molecule has 0 unspecified atom stereocenters. The van der Waals surface area contributed by atoms with E-state index in [0.717, 1.165) is 0 Å². The van der Waals surface area contributed by atoms with Gasteiger partial charge < -0.3 is 20.4 Å². The van der Waals surface area contributed by atoms with E-state index in [9.17, 15) is 9.59 Å². The van der Waals surface area contributed by atoms with Gasteiger partial charge in [0.1, 0.15) is 0 Å². The number of hydrogen-bond donors (Lipinski definition) is 1. The third kappa shape index (κ3) is 3.39. The van der Waals surface area contributed by atoms with Gasteiger partial charge in [-0.3, -0.25) is 4.79 Å². The Labute approximate surface area is 129 Å². The zero-order valence-electron chi connectivity index (χ0n) is 12.2. The Morgan fingerprint density at radius 1 is 1.14 bits per heavy atom. The fourth-order valence-electron chi connectivity index (χ4n) is 2.26. The van der Waals surface area contributed by atoms with Crippen molar-refractivity contribution in [3.05, 3.63) is 28.8 Å².